The zero-order valence-corrected chi connectivity index (χ0v) is 26.4. The van der Waals surface area contributed by atoms with Gasteiger partial charge in [-0.15, -0.1) is 0 Å². The summed E-state index contributed by atoms with van der Waals surface area (Å²) in [4.78, 5) is 27.4. The Hall–Kier alpha value is -2.52. The van der Waals surface area contributed by atoms with Crippen molar-refractivity contribution in [1.29, 1.82) is 0 Å². The van der Waals surface area contributed by atoms with Crippen LogP contribution in [0.25, 0.3) is 0 Å². The van der Waals surface area contributed by atoms with E-state index in [-0.39, 0.29) is 18.8 Å². The van der Waals surface area contributed by atoms with Crippen LogP contribution < -0.4 is 4.74 Å². The van der Waals surface area contributed by atoms with Gasteiger partial charge in [-0.25, -0.2) is 9.59 Å². The van der Waals surface area contributed by atoms with E-state index in [0.29, 0.717) is 18.4 Å². The van der Waals surface area contributed by atoms with Crippen LogP contribution in [0.1, 0.15) is 85.6 Å². The second kappa shape index (κ2) is 16.8. The molecule has 0 spiro atoms. The average Bonchev–Trinajstić information content (AvgIpc) is 2.91. The molecule has 234 valence electrons. The Kier molecular flexibility index (Phi) is 14.2. The van der Waals surface area contributed by atoms with Gasteiger partial charge in [0, 0.05) is 39.4 Å². The quantitative estimate of drug-likeness (QED) is 0.363. The largest absolute Gasteiger partial charge is 0.497 e. The Balaban J connectivity index is 0.000000317. The van der Waals surface area contributed by atoms with Gasteiger partial charge in [-0.1, -0.05) is 12.1 Å². The Morgan fingerprint density at radius 2 is 1.22 bits per heavy atom. The van der Waals surface area contributed by atoms with Crippen LogP contribution in [0.5, 0.6) is 5.75 Å². The summed E-state index contributed by atoms with van der Waals surface area (Å²) in [5, 5.41) is 8.84. The topological polar surface area (TPSA) is 97.8 Å². The van der Waals surface area contributed by atoms with Crippen molar-refractivity contribution in [3.8, 4) is 5.75 Å². The molecular formula is C32H54N2O7. The van der Waals surface area contributed by atoms with E-state index in [9.17, 15) is 9.59 Å². The van der Waals surface area contributed by atoms with Crippen molar-refractivity contribution in [3.05, 3.63) is 29.8 Å². The maximum absolute atomic E-state index is 12.1. The van der Waals surface area contributed by atoms with Crippen molar-refractivity contribution in [2.24, 2.45) is 11.8 Å². The number of piperidine rings is 2. The molecule has 41 heavy (non-hydrogen) atoms. The fourth-order valence-corrected chi connectivity index (χ4v) is 4.81. The number of ether oxygens (including phenoxy) is 4. The lowest BCUT2D eigenvalue weighted by Gasteiger charge is -2.33. The van der Waals surface area contributed by atoms with Crippen LogP contribution in [-0.2, 0) is 20.8 Å². The molecule has 2 heterocycles. The van der Waals surface area contributed by atoms with Crippen molar-refractivity contribution in [2.45, 2.75) is 97.9 Å². The van der Waals surface area contributed by atoms with Gasteiger partial charge in [0.1, 0.15) is 17.0 Å². The van der Waals surface area contributed by atoms with Crippen LogP contribution in [-0.4, -0.2) is 84.8 Å². The molecular weight excluding hydrogens is 524 g/mol. The third-order valence-corrected chi connectivity index (χ3v) is 7.17. The average molecular weight is 579 g/mol. The van der Waals surface area contributed by atoms with Crippen molar-refractivity contribution in [3.63, 3.8) is 0 Å². The Labute approximate surface area is 247 Å². The molecule has 0 atom stereocenters. The first-order valence-corrected chi connectivity index (χ1v) is 15.1. The number of carbonyl (C=O) groups excluding carboxylic acids is 2. The molecule has 0 radical (unpaired) electrons. The molecule has 9 heteroatoms. The molecule has 2 saturated heterocycles. The van der Waals surface area contributed by atoms with Crippen molar-refractivity contribution in [1.82, 2.24) is 9.80 Å². The number of carbonyl (C=O) groups is 2. The minimum atomic E-state index is -0.427. The molecule has 1 aromatic rings. The third-order valence-electron chi connectivity index (χ3n) is 7.17. The van der Waals surface area contributed by atoms with E-state index in [1.165, 1.54) is 0 Å². The van der Waals surface area contributed by atoms with Crippen LogP contribution in [0.2, 0.25) is 0 Å². The lowest BCUT2D eigenvalue weighted by atomic mass is 9.94. The second-order valence-electron chi connectivity index (χ2n) is 13.0. The van der Waals surface area contributed by atoms with Gasteiger partial charge in [0.2, 0.25) is 0 Å². The van der Waals surface area contributed by atoms with Crippen molar-refractivity contribution >= 4 is 12.2 Å². The summed E-state index contributed by atoms with van der Waals surface area (Å²) in [5.41, 5.74) is 0.308. The first-order valence-electron chi connectivity index (χ1n) is 15.1. The van der Waals surface area contributed by atoms with Crippen LogP contribution >= 0.6 is 0 Å². The van der Waals surface area contributed by atoms with E-state index >= 15 is 0 Å². The number of likely N-dealkylation sites (tertiary alicyclic amines) is 2. The maximum Gasteiger partial charge on any atom is 0.410 e. The minimum absolute atomic E-state index is 0.193. The van der Waals surface area contributed by atoms with Crippen LogP contribution in [0.4, 0.5) is 9.59 Å². The third kappa shape index (κ3) is 14.3. The van der Waals surface area contributed by atoms with Gasteiger partial charge in [-0.3, -0.25) is 0 Å². The highest BCUT2D eigenvalue weighted by molar-refractivity contribution is 5.68. The van der Waals surface area contributed by atoms with Gasteiger partial charge in [0.15, 0.2) is 0 Å². The molecule has 2 fully saturated rings. The highest BCUT2D eigenvalue weighted by Crippen LogP contribution is 2.23. The number of rotatable bonds is 8. The molecule has 0 bridgehead atoms. The molecule has 0 aromatic heterocycles. The maximum atomic E-state index is 12.1. The van der Waals surface area contributed by atoms with Crippen LogP contribution in [0, 0.1) is 11.8 Å². The van der Waals surface area contributed by atoms with Gasteiger partial charge in [0.05, 0.1) is 13.7 Å². The molecule has 3 rings (SSSR count). The molecule has 0 saturated carbocycles. The minimum Gasteiger partial charge on any atom is -0.497 e. The number of amides is 2. The molecule has 1 N–H and O–H groups in total. The summed E-state index contributed by atoms with van der Waals surface area (Å²) in [6.07, 6.45) is 5.47. The number of hydrogen-bond acceptors (Lipinski definition) is 7. The predicted molar refractivity (Wildman–Crippen MR) is 160 cm³/mol. The predicted octanol–water partition coefficient (Wildman–Crippen LogP) is 6.26. The summed E-state index contributed by atoms with van der Waals surface area (Å²) < 4.78 is 21.7. The summed E-state index contributed by atoms with van der Waals surface area (Å²) in [6.45, 7) is 16.0. The van der Waals surface area contributed by atoms with E-state index in [0.717, 1.165) is 82.6 Å². The zero-order valence-electron chi connectivity index (χ0n) is 26.4. The first kappa shape index (κ1) is 34.7. The number of aliphatic hydroxyl groups excluding tert-OH is 1. The number of methoxy groups -OCH3 is 1. The number of nitrogens with zero attached hydrogens (tertiary/aromatic N) is 2. The fraction of sp³-hybridized carbons (Fsp3) is 0.750. The molecule has 0 unspecified atom stereocenters. The van der Waals surface area contributed by atoms with Gasteiger partial charge >= 0.3 is 12.2 Å². The summed E-state index contributed by atoms with van der Waals surface area (Å²) >= 11 is 0. The Morgan fingerprint density at radius 3 is 1.61 bits per heavy atom. The lowest BCUT2D eigenvalue weighted by molar-refractivity contribution is 0.0158. The summed E-state index contributed by atoms with van der Waals surface area (Å²) in [6, 6.07) is 7.95. The molecule has 9 nitrogen and oxygen atoms in total. The van der Waals surface area contributed by atoms with Gasteiger partial charge in [0.25, 0.3) is 0 Å². The summed E-state index contributed by atoms with van der Waals surface area (Å²) in [7, 11) is 1.67. The molecule has 1 aromatic carbocycles. The van der Waals surface area contributed by atoms with E-state index in [2.05, 4.69) is 0 Å². The second-order valence-corrected chi connectivity index (χ2v) is 13.0. The molecule has 2 aliphatic heterocycles. The number of hydrogen-bond donors (Lipinski definition) is 1. The molecule has 2 aliphatic rings. The van der Waals surface area contributed by atoms with Crippen LogP contribution in [0.15, 0.2) is 24.3 Å². The molecule has 2 amide bonds. The van der Waals surface area contributed by atoms with Gasteiger partial charge in [-0.2, -0.15) is 0 Å². The SMILES string of the molecule is CC(C)(C)OC(=O)N1CCC(CCO)CC1.COc1ccc(COCCC2CCN(C(=O)OC(C)(C)C)CC2)cc1. The van der Waals surface area contributed by atoms with E-state index in [4.69, 9.17) is 24.1 Å². The smallest absolute Gasteiger partial charge is 0.410 e. The van der Waals surface area contributed by atoms with Crippen LogP contribution in [0.3, 0.4) is 0 Å². The highest BCUT2D eigenvalue weighted by Gasteiger charge is 2.27. The van der Waals surface area contributed by atoms with E-state index in [1.807, 2.05) is 70.7 Å². The van der Waals surface area contributed by atoms with E-state index in [1.54, 1.807) is 12.0 Å². The first-order chi connectivity index (χ1) is 19.3. The van der Waals surface area contributed by atoms with Gasteiger partial charge < -0.3 is 33.9 Å². The summed E-state index contributed by atoms with van der Waals surface area (Å²) in [5.74, 6) is 2.04. The zero-order chi connectivity index (χ0) is 30.5. The molecule has 0 aliphatic carbocycles. The van der Waals surface area contributed by atoms with Crippen molar-refractivity contribution in [2.75, 3.05) is 46.5 Å². The number of benzene rings is 1. The normalized spacial score (nSPS) is 17.0. The Morgan fingerprint density at radius 1 is 0.780 bits per heavy atom. The lowest BCUT2D eigenvalue weighted by Crippen LogP contribution is -2.41. The fourth-order valence-electron chi connectivity index (χ4n) is 4.81. The monoisotopic (exact) mass is 578 g/mol. The highest BCUT2D eigenvalue weighted by atomic mass is 16.6. The Bertz CT molecular complexity index is 892. The number of aliphatic hydroxyl groups is 1. The van der Waals surface area contributed by atoms with Crippen molar-refractivity contribution < 1.29 is 33.6 Å². The standard InChI is InChI=1S/C20H31NO4.C12H23NO3/c1-20(2,3)25-19(22)21-12-9-16(10-13-21)11-14-24-15-17-5-7-18(23-4)8-6-17;1-12(2,3)16-11(15)13-7-4-10(5-8-13)6-9-14/h5-8,16H,9-15H2,1-4H3;10,14H,4-9H2,1-3H3. The van der Waals surface area contributed by atoms with Gasteiger partial charge in [-0.05, 0) is 110 Å². The van der Waals surface area contributed by atoms with E-state index < -0.39 is 11.2 Å².